The van der Waals surface area contributed by atoms with Gasteiger partial charge in [0.05, 0.1) is 12.2 Å². The highest BCUT2D eigenvalue weighted by Gasteiger charge is 2.20. The number of hydrogen-bond acceptors (Lipinski definition) is 4. The summed E-state index contributed by atoms with van der Waals surface area (Å²) in [7, 11) is 1.89. The summed E-state index contributed by atoms with van der Waals surface area (Å²) < 4.78 is 15.4. The first-order valence-corrected chi connectivity index (χ1v) is 8.39. The average Bonchev–Trinajstić information content (AvgIpc) is 3.24. The molecule has 2 aromatic rings. The number of aromatic nitrogens is 2. The van der Waals surface area contributed by atoms with Gasteiger partial charge in [0.2, 0.25) is 5.91 Å². The van der Waals surface area contributed by atoms with E-state index in [1.807, 2.05) is 17.8 Å². The Kier molecular flexibility index (Phi) is 4.97. The largest absolute Gasteiger partial charge is 0.329 e. The molecule has 1 heterocycles. The molecule has 0 atom stereocenters. The van der Waals surface area contributed by atoms with Crippen LogP contribution in [0.3, 0.4) is 0 Å². The molecule has 0 bridgehead atoms. The normalized spacial score (nSPS) is 14.0. The number of benzene rings is 1. The highest BCUT2D eigenvalue weighted by molar-refractivity contribution is 7.99. The first-order chi connectivity index (χ1) is 11.1. The molecule has 1 fully saturated rings. The maximum atomic E-state index is 13.5. The second-order valence-corrected chi connectivity index (χ2v) is 6.69. The molecule has 1 aromatic heterocycles. The number of imidazole rings is 1. The summed E-state index contributed by atoms with van der Waals surface area (Å²) in [5.74, 6) is 0.167. The van der Waals surface area contributed by atoms with Crippen LogP contribution in [0.25, 0.3) is 0 Å². The fraction of sp³-hybridized carbons (Fsp3) is 0.375. The molecule has 1 aliphatic carbocycles. The summed E-state index contributed by atoms with van der Waals surface area (Å²) in [6.07, 6.45) is 6.02. The molecular formula is C16H19FN4OS. The zero-order chi connectivity index (χ0) is 16.2. The number of nitrogens with one attached hydrogen (secondary N) is 2. The molecule has 3 rings (SSSR count). The second-order valence-electron chi connectivity index (χ2n) is 5.69. The van der Waals surface area contributed by atoms with Crippen molar-refractivity contribution < 1.29 is 9.18 Å². The number of carbonyl (C=O) groups excluding carboxylic acids is 1. The van der Waals surface area contributed by atoms with E-state index in [-0.39, 0.29) is 18.3 Å². The van der Waals surface area contributed by atoms with Gasteiger partial charge in [-0.2, -0.15) is 0 Å². The molecule has 1 saturated carbocycles. The van der Waals surface area contributed by atoms with Crippen LogP contribution in [0.4, 0.5) is 10.1 Å². The van der Waals surface area contributed by atoms with Gasteiger partial charge in [0.25, 0.3) is 0 Å². The monoisotopic (exact) mass is 334 g/mol. The molecule has 0 aliphatic heterocycles. The van der Waals surface area contributed by atoms with Crippen LogP contribution >= 0.6 is 11.8 Å². The lowest BCUT2D eigenvalue weighted by atomic mass is 10.3. The maximum Gasteiger partial charge on any atom is 0.238 e. The van der Waals surface area contributed by atoms with Crippen LogP contribution in [-0.4, -0.2) is 28.5 Å². The third kappa shape index (κ3) is 4.56. The van der Waals surface area contributed by atoms with Crippen LogP contribution < -0.4 is 10.6 Å². The van der Waals surface area contributed by atoms with E-state index in [1.54, 1.807) is 12.3 Å². The first-order valence-electron chi connectivity index (χ1n) is 7.57. The Bertz CT molecular complexity index is 699. The van der Waals surface area contributed by atoms with Gasteiger partial charge in [-0.05, 0) is 55.3 Å². The summed E-state index contributed by atoms with van der Waals surface area (Å²) in [5.41, 5.74) is 0.469. The SMILES string of the molecule is Cn1ccnc1Sc1ccc(F)cc1NC(=O)CNCC1CC1. The molecule has 7 heteroatoms. The summed E-state index contributed by atoms with van der Waals surface area (Å²) >= 11 is 1.39. The lowest BCUT2D eigenvalue weighted by Gasteiger charge is -2.11. The van der Waals surface area contributed by atoms with E-state index in [4.69, 9.17) is 0 Å². The number of anilines is 1. The van der Waals surface area contributed by atoms with Crippen molar-refractivity contribution in [3.05, 3.63) is 36.4 Å². The lowest BCUT2D eigenvalue weighted by Crippen LogP contribution is -2.29. The van der Waals surface area contributed by atoms with E-state index < -0.39 is 0 Å². The Balaban J connectivity index is 1.65. The number of rotatable bonds is 7. The van der Waals surface area contributed by atoms with E-state index >= 15 is 0 Å². The van der Waals surface area contributed by atoms with E-state index in [9.17, 15) is 9.18 Å². The molecule has 0 radical (unpaired) electrons. The zero-order valence-electron chi connectivity index (χ0n) is 12.9. The van der Waals surface area contributed by atoms with Crippen molar-refractivity contribution in [2.24, 2.45) is 13.0 Å². The fourth-order valence-corrected chi connectivity index (χ4v) is 3.01. The number of amides is 1. The third-order valence-electron chi connectivity index (χ3n) is 3.61. The van der Waals surface area contributed by atoms with Crippen molar-refractivity contribution >= 4 is 23.4 Å². The number of nitrogens with zero attached hydrogens (tertiary/aromatic N) is 2. The Morgan fingerprint density at radius 3 is 3.00 bits per heavy atom. The van der Waals surface area contributed by atoms with Gasteiger partial charge < -0.3 is 15.2 Å². The molecule has 0 spiro atoms. The maximum absolute atomic E-state index is 13.5. The van der Waals surface area contributed by atoms with Gasteiger partial charge in [-0.3, -0.25) is 4.79 Å². The smallest absolute Gasteiger partial charge is 0.238 e. The second kappa shape index (κ2) is 7.14. The molecule has 1 aromatic carbocycles. The number of aryl methyl sites for hydroxylation is 1. The highest BCUT2D eigenvalue weighted by Crippen LogP contribution is 2.32. The van der Waals surface area contributed by atoms with Crippen LogP contribution in [0.1, 0.15) is 12.8 Å². The molecular weight excluding hydrogens is 315 g/mol. The fourth-order valence-electron chi connectivity index (χ4n) is 2.14. The lowest BCUT2D eigenvalue weighted by molar-refractivity contribution is -0.115. The molecule has 5 nitrogen and oxygen atoms in total. The topological polar surface area (TPSA) is 59.0 Å². The predicted molar refractivity (Wildman–Crippen MR) is 88.0 cm³/mol. The van der Waals surface area contributed by atoms with Crippen LogP contribution in [0.15, 0.2) is 40.6 Å². The third-order valence-corrected chi connectivity index (χ3v) is 4.76. The first kappa shape index (κ1) is 16.0. The van der Waals surface area contributed by atoms with Gasteiger partial charge in [-0.15, -0.1) is 0 Å². The summed E-state index contributed by atoms with van der Waals surface area (Å²) in [4.78, 5) is 17.0. The van der Waals surface area contributed by atoms with E-state index in [0.29, 0.717) is 11.6 Å². The molecule has 0 saturated heterocycles. The summed E-state index contributed by atoms with van der Waals surface area (Å²) in [5, 5.41) is 6.68. The van der Waals surface area contributed by atoms with E-state index in [2.05, 4.69) is 15.6 Å². The van der Waals surface area contributed by atoms with E-state index in [0.717, 1.165) is 16.6 Å². The molecule has 23 heavy (non-hydrogen) atoms. The van der Waals surface area contributed by atoms with Crippen molar-refractivity contribution in [3.63, 3.8) is 0 Å². The van der Waals surface area contributed by atoms with E-state index in [1.165, 1.54) is 36.7 Å². The van der Waals surface area contributed by atoms with Gasteiger partial charge in [0.15, 0.2) is 5.16 Å². The Morgan fingerprint density at radius 2 is 2.30 bits per heavy atom. The minimum absolute atomic E-state index is 0.169. The van der Waals surface area contributed by atoms with Crippen molar-refractivity contribution in [1.82, 2.24) is 14.9 Å². The summed E-state index contributed by atoms with van der Waals surface area (Å²) in [6.45, 7) is 1.10. The van der Waals surface area contributed by atoms with Crippen molar-refractivity contribution in [2.75, 3.05) is 18.4 Å². The Labute approximate surface area is 138 Å². The van der Waals surface area contributed by atoms with Gasteiger partial charge in [0, 0.05) is 24.3 Å². The zero-order valence-corrected chi connectivity index (χ0v) is 13.7. The van der Waals surface area contributed by atoms with Crippen molar-refractivity contribution in [3.8, 4) is 0 Å². The van der Waals surface area contributed by atoms with Crippen molar-refractivity contribution in [1.29, 1.82) is 0 Å². The summed E-state index contributed by atoms with van der Waals surface area (Å²) in [6, 6.07) is 4.37. The number of hydrogen-bond donors (Lipinski definition) is 2. The van der Waals surface area contributed by atoms with Gasteiger partial charge >= 0.3 is 0 Å². The predicted octanol–water partition coefficient (Wildman–Crippen LogP) is 2.65. The van der Waals surface area contributed by atoms with Crippen LogP contribution in [-0.2, 0) is 11.8 Å². The van der Waals surface area contributed by atoms with Crippen LogP contribution in [0.5, 0.6) is 0 Å². The van der Waals surface area contributed by atoms with Gasteiger partial charge in [0.1, 0.15) is 5.82 Å². The minimum Gasteiger partial charge on any atom is -0.329 e. The molecule has 1 aliphatic rings. The van der Waals surface area contributed by atoms with Gasteiger partial charge in [-0.1, -0.05) is 0 Å². The van der Waals surface area contributed by atoms with Gasteiger partial charge in [-0.25, -0.2) is 9.37 Å². The van der Waals surface area contributed by atoms with Crippen molar-refractivity contribution in [2.45, 2.75) is 22.9 Å². The molecule has 1 amide bonds. The number of halogens is 1. The number of carbonyl (C=O) groups is 1. The molecule has 2 N–H and O–H groups in total. The van der Waals surface area contributed by atoms with Crippen LogP contribution in [0, 0.1) is 11.7 Å². The molecule has 122 valence electrons. The van der Waals surface area contributed by atoms with Crippen LogP contribution in [0.2, 0.25) is 0 Å². The Morgan fingerprint density at radius 1 is 1.48 bits per heavy atom. The standard InChI is InChI=1S/C16H19FN4OS/c1-21-7-6-19-16(21)23-14-5-4-12(17)8-13(14)20-15(22)10-18-9-11-2-3-11/h4-8,11,18H,2-3,9-10H2,1H3,(H,20,22). The minimum atomic E-state index is -0.379. The highest BCUT2D eigenvalue weighted by atomic mass is 32.2. The Hall–Kier alpha value is -1.86. The molecule has 0 unspecified atom stereocenters. The quantitative estimate of drug-likeness (QED) is 0.817. The average molecular weight is 334 g/mol.